The van der Waals surface area contributed by atoms with E-state index in [4.69, 9.17) is 10.5 Å². The standard InChI is InChI=1S/C27H26FN3O5/c1-27(2,15-14-23(33)30-21-11-7-6-10-20(21)29)24(18-12-13-22(32)19(28)16-18)36-26(35)31-25(34)17-8-4-3-5-9-17/h3-16,24,32H,29H2,1-2H3,(H,30,33)(H,31,34,35)/b15-14+/t24-/m0/s1. The fourth-order valence-corrected chi connectivity index (χ4v) is 3.39. The Morgan fingerprint density at radius 2 is 1.69 bits per heavy atom. The number of nitrogens with one attached hydrogen (secondary N) is 2. The van der Waals surface area contributed by atoms with Crippen LogP contribution in [0.4, 0.5) is 20.6 Å². The third kappa shape index (κ3) is 6.69. The van der Waals surface area contributed by atoms with Gasteiger partial charge in [-0.2, -0.15) is 0 Å². The van der Waals surface area contributed by atoms with Crippen LogP contribution in [0.15, 0.2) is 84.9 Å². The van der Waals surface area contributed by atoms with Gasteiger partial charge >= 0.3 is 6.09 Å². The van der Waals surface area contributed by atoms with Crippen molar-refractivity contribution in [2.75, 3.05) is 11.1 Å². The lowest BCUT2D eigenvalue weighted by molar-refractivity contribution is -0.112. The van der Waals surface area contributed by atoms with Crippen LogP contribution in [0.3, 0.4) is 0 Å². The highest BCUT2D eigenvalue weighted by Gasteiger charge is 2.33. The summed E-state index contributed by atoms with van der Waals surface area (Å²) in [5.74, 6) is -2.65. The molecule has 0 saturated carbocycles. The van der Waals surface area contributed by atoms with Gasteiger partial charge < -0.3 is 20.9 Å². The molecule has 8 nitrogen and oxygen atoms in total. The van der Waals surface area contributed by atoms with E-state index >= 15 is 0 Å². The SMILES string of the molecule is CC(C)(/C=C/C(=O)Nc1ccccc1N)[C@@H](OC(=O)NC(=O)c1ccccc1)c1ccc(O)c(F)c1. The van der Waals surface area contributed by atoms with E-state index < -0.39 is 41.0 Å². The molecule has 3 aromatic rings. The lowest BCUT2D eigenvalue weighted by Crippen LogP contribution is -2.35. The molecule has 0 spiro atoms. The van der Waals surface area contributed by atoms with Crippen molar-refractivity contribution in [3.05, 3.63) is 102 Å². The Hall–Kier alpha value is -4.66. The van der Waals surface area contributed by atoms with Crippen LogP contribution in [0.25, 0.3) is 0 Å². The Morgan fingerprint density at radius 1 is 1.03 bits per heavy atom. The second kappa shape index (κ2) is 11.2. The van der Waals surface area contributed by atoms with E-state index in [9.17, 15) is 23.9 Å². The summed E-state index contributed by atoms with van der Waals surface area (Å²) >= 11 is 0. The molecule has 186 valence electrons. The monoisotopic (exact) mass is 491 g/mol. The Kier molecular flexibility index (Phi) is 8.06. The normalized spacial score (nSPS) is 12.1. The number of halogens is 1. The Balaban J connectivity index is 1.82. The van der Waals surface area contributed by atoms with Crippen LogP contribution < -0.4 is 16.4 Å². The predicted molar refractivity (Wildman–Crippen MR) is 134 cm³/mol. The molecule has 9 heteroatoms. The second-order valence-electron chi connectivity index (χ2n) is 8.55. The molecule has 3 aromatic carbocycles. The van der Waals surface area contributed by atoms with Crippen LogP contribution in [-0.2, 0) is 9.53 Å². The molecule has 0 radical (unpaired) electrons. The van der Waals surface area contributed by atoms with Gasteiger partial charge in [0.05, 0.1) is 11.4 Å². The van der Waals surface area contributed by atoms with Gasteiger partial charge in [0.15, 0.2) is 11.6 Å². The minimum atomic E-state index is -1.14. The summed E-state index contributed by atoms with van der Waals surface area (Å²) in [6, 6.07) is 18.3. The number of nitrogen functional groups attached to an aromatic ring is 1. The zero-order valence-electron chi connectivity index (χ0n) is 19.7. The molecule has 0 aromatic heterocycles. The van der Waals surface area contributed by atoms with Crippen LogP contribution in [0, 0.1) is 11.2 Å². The van der Waals surface area contributed by atoms with Crippen LogP contribution in [0.5, 0.6) is 5.75 Å². The van der Waals surface area contributed by atoms with Gasteiger partial charge in [-0.15, -0.1) is 0 Å². The number of phenolic OH excluding ortho intramolecular Hbond substituents is 1. The molecule has 0 fully saturated rings. The summed E-state index contributed by atoms with van der Waals surface area (Å²) < 4.78 is 19.7. The fourth-order valence-electron chi connectivity index (χ4n) is 3.39. The molecular weight excluding hydrogens is 465 g/mol. The number of phenols is 1. The number of aromatic hydroxyl groups is 1. The zero-order valence-corrected chi connectivity index (χ0v) is 19.7. The van der Waals surface area contributed by atoms with Crippen molar-refractivity contribution in [2.45, 2.75) is 20.0 Å². The third-order valence-corrected chi connectivity index (χ3v) is 5.31. The number of carbonyl (C=O) groups is 3. The first-order valence-corrected chi connectivity index (χ1v) is 11.0. The topological polar surface area (TPSA) is 131 Å². The highest BCUT2D eigenvalue weighted by Crippen LogP contribution is 2.39. The molecular formula is C27H26FN3O5. The van der Waals surface area contributed by atoms with E-state index in [1.807, 2.05) is 0 Å². The minimum Gasteiger partial charge on any atom is -0.505 e. The summed E-state index contributed by atoms with van der Waals surface area (Å²) in [6.45, 7) is 3.32. The molecule has 36 heavy (non-hydrogen) atoms. The van der Waals surface area contributed by atoms with Gasteiger partial charge in [0.25, 0.3) is 5.91 Å². The van der Waals surface area contributed by atoms with Crippen molar-refractivity contribution < 1.29 is 28.6 Å². The predicted octanol–water partition coefficient (Wildman–Crippen LogP) is 4.94. The number of para-hydroxylation sites is 2. The Labute approximate surface area is 207 Å². The summed E-state index contributed by atoms with van der Waals surface area (Å²) in [7, 11) is 0. The number of anilines is 2. The maximum Gasteiger partial charge on any atom is 0.414 e. The largest absolute Gasteiger partial charge is 0.505 e. The van der Waals surface area contributed by atoms with Crippen molar-refractivity contribution >= 4 is 29.3 Å². The zero-order chi connectivity index (χ0) is 26.3. The van der Waals surface area contributed by atoms with Crippen LogP contribution in [0.2, 0.25) is 0 Å². The number of ether oxygens (including phenoxy) is 1. The summed E-state index contributed by atoms with van der Waals surface area (Å²) in [5.41, 5.74) is 6.06. The molecule has 3 rings (SSSR count). The van der Waals surface area contributed by atoms with Gasteiger partial charge in [0, 0.05) is 11.0 Å². The van der Waals surface area contributed by atoms with Crippen LogP contribution >= 0.6 is 0 Å². The first-order chi connectivity index (χ1) is 17.1. The quantitative estimate of drug-likeness (QED) is 0.273. The van der Waals surface area contributed by atoms with E-state index in [0.717, 1.165) is 12.1 Å². The number of nitrogens with two attached hydrogens (primary N) is 1. The van der Waals surface area contributed by atoms with Gasteiger partial charge in [-0.05, 0) is 48.0 Å². The average Bonchev–Trinajstić information content (AvgIpc) is 2.85. The molecule has 5 N–H and O–H groups in total. The first-order valence-electron chi connectivity index (χ1n) is 11.0. The van der Waals surface area contributed by atoms with Crippen molar-refractivity contribution in [1.29, 1.82) is 0 Å². The third-order valence-electron chi connectivity index (χ3n) is 5.31. The molecule has 1 atom stereocenters. The second-order valence-corrected chi connectivity index (χ2v) is 8.55. The van der Waals surface area contributed by atoms with E-state index in [0.29, 0.717) is 11.4 Å². The van der Waals surface area contributed by atoms with Gasteiger partial charge in [0.1, 0.15) is 6.10 Å². The van der Waals surface area contributed by atoms with Gasteiger partial charge in [-0.1, -0.05) is 56.3 Å². The Morgan fingerprint density at radius 3 is 2.36 bits per heavy atom. The summed E-state index contributed by atoms with van der Waals surface area (Å²) in [5, 5.41) is 14.4. The molecule has 0 aliphatic rings. The average molecular weight is 492 g/mol. The summed E-state index contributed by atoms with van der Waals surface area (Å²) in [4.78, 5) is 37.4. The number of carbonyl (C=O) groups excluding carboxylic acids is 3. The van der Waals surface area contributed by atoms with Crippen LogP contribution in [0.1, 0.15) is 35.9 Å². The first kappa shape index (κ1) is 26.0. The number of benzene rings is 3. The number of hydrogen-bond donors (Lipinski definition) is 4. The van der Waals surface area contributed by atoms with E-state index in [-0.39, 0.29) is 11.1 Å². The van der Waals surface area contributed by atoms with Gasteiger partial charge in [-0.25, -0.2) is 9.18 Å². The maximum atomic E-state index is 14.1. The van der Waals surface area contributed by atoms with Crippen molar-refractivity contribution in [3.63, 3.8) is 0 Å². The minimum absolute atomic E-state index is 0.204. The van der Waals surface area contributed by atoms with E-state index in [1.54, 1.807) is 56.3 Å². The molecule has 3 amide bonds. The number of imide groups is 1. The van der Waals surface area contributed by atoms with Gasteiger partial charge in [-0.3, -0.25) is 14.9 Å². The molecule has 0 aliphatic heterocycles. The van der Waals surface area contributed by atoms with E-state index in [2.05, 4.69) is 10.6 Å². The van der Waals surface area contributed by atoms with Crippen molar-refractivity contribution in [3.8, 4) is 5.75 Å². The van der Waals surface area contributed by atoms with Crippen LogP contribution in [-0.4, -0.2) is 23.0 Å². The number of hydrogen-bond acceptors (Lipinski definition) is 6. The molecule has 0 unspecified atom stereocenters. The highest BCUT2D eigenvalue weighted by atomic mass is 19.1. The smallest absolute Gasteiger partial charge is 0.414 e. The molecule has 0 bridgehead atoms. The highest BCUT2D eigenvalue weighted by molar-refractivity contribution is 6.03. The Bertz CT molecular complexity index is 1290. The molecule has 0 aliphatic carbocycles. The number of amides is 3. The van der Waals surface area contributed by atoms with E-state index in [1.165, 1.54) is 30.4 Å². The van der Waals surface area contributed by atoms with Gasteiger partial charge in [0.2, 0.25) is 5.91 Å². The number of rotatable bonds is 7. The summed E-state index contributed by atoms with van der Waals surface area (Å²) in [6.07, 6.45) is 0.530. The fraction of sp³-hybridized carbons (Fsp3) is 0.148. The molecule has 0 saturated heterocycles. The maximum absolute atomic E-state index is 14.1. The molecule has 0 heterocycles. The lowest BCUT2D eigenvalue weighted by atomic mass is 9.82. The lowest BCUT2D eigenvalue weighted by Gasteiger charge is -2.31. The number of alkyl carbamates (subject to hydrolysis) is 1. The van der Waals surface area contributed by atoms with Crippen molar-refractivity contribution in [1.82, 2.24) is 5.32 Å². The van der Waals surface area contributed by atoms with Crippen molar-refractivity contribution in [2.24, 2.45) is 5.41 Å².